The molecule has 2 N–H and O–H groups in total. The molecule has 0 aliphatic heterocycles. The molecule has 3 aromatic heterocycles. The zero-order valence-electron chi connectivity index (χ0n) is 13.5. The Kier molecular flexibility index (Phi) is 3.92. The maximum absolute atomic E-state index is 14.8. The second-order valence-corrected chi connectivity index (χ2v) is 5.71. The van der Waals surface area contributed by atoms with Crippen LogP contribution in [-0.2, 0) is 4.79 Å². The van der Waals surface area contributed by atoms with E-state index in [2.05, 4.69) is 25.6 Å². The van der Waals surface area contributed by atoms with Crippen molar-refractivity contribution in [1.29, 1.82) is 0 Å². The fourth-order valence-electron chi connectivity index (χ4n) is 2.76. The third kappa shape index (κ3) is 2.44. The first-order valence-electron chi connectivity index (χ1n) is 7.67. The van der Waals surface area contributed by atoms with E-state index < -0.39 is 5.82 Å². The lowest BCUT2D eigenvalue weighted by atomic mass is 10.1. The van der Waals surface area contributed by atoms with Gasteiger partial charge in [-0.05, 0) is 19.1 Å². The fraction of sp³-hybridized carbons (Fsp3) is 0.125. The maximum Gasteiger partial charge on any atom is 0.212 e. The van der Waals surface area contributed by atoms with Gasteiger partial charge >= 0.3 is 0 Å². The molecule has 0 saturated carbocycles. The summed E-state index contributed by atoms with van der Waals surface area (Å²) in [5, 5.41) is 14.1. The molecule has 0 fully saturated rings. The topological polar surface area (TPSA) is 97.2 Å². The van der Waals surface area contributed by atoms with Crippen molar-refractivity contribution < 1.29 is 13.9 Å². The van der Waals surface area contributed by atoms with Crippen molar-refractivity contribution in [3.8, 4) is 17.0 Å². The minimum absolute atomic E-state index is 0.0231. The van der Waals surface area contributed by atoms with Crippen LogP contribution >= 0.6 is 11.6 Å². The van der Waals surface area contributed by atoms with Crippen LogP contribution in [0.1, 0.15) is 6.92 Å². The summed E-state index contributed by atoms with van der Waals surface area (Å²) in [5.74, 6) is -0.312. The van der Waals surface area contributed by atoms with Gasteiger partial charge in [0.15, 0.2) is 23.0 Å². The van der Waals surface area contributed by atoms with Crippen molar-refractivity contribution in [2.24, 2.45) is 0 Å². The first-order chi connectivity index (χ1) is 12.6. The second-order valence-electron chi connectivity index (χ2n) is 5.33. The maximum atomic E-state index is 14.8. The van der Waals surface area contributed by atoms with Gasteiger partial charge in [-0.15, -0.1) is 0 Å². The number of fused-ring (bicyclic) bond motifs is 2. The zero-order chi connectivity index (χ0) is 18.3. The lowest BCUT2D eigenvalue weighted by molar-refractivity contribution is -0.105. The van der Waals surface area contributed by atoms with Crippen molar-refractivity contribution in [2.75, 3.05) is 11.9 Å². The summed E-state index contributed by atoms with van der Waals surface area (Å²) in [6, 6.07) is 3.36. The Balaban J connectivity index is 1.95. The summed E-state index contributed by atoms with van der Waals surface area (Å²) in [6.45, 7) is 2.04. The average Bonchev–Trinajstić information content (AvgIpc) is 3.25. The number of hydrogen-bond acceptors (Lipinski definition) is 5. The SMILES string of the molecule is CCOc1c(F)c(Cl)c(-c2ccc3nc(NC=O)cn3n2)c2cn[nH]c12. The molecule has 0 bridgehead atoms. The summed E-state index contributed by atoms with van der Waals surface area (Å²) in [6.07, 6.45) is 3.60. The molecule has 0 saturated heterocycles. The minimum Gasteiger partial charge on any atom is -0.489 e. The Bertz CT molecular complexity index is 1140. The lowest BCUT2D eigenvalue weighted by Gasteiger charge is -2.12. The van der Waals surface area contributed by atoms with Crippen LogP contribution in [-0.4, -0.2) is 37.8 Å². The number of nitrogens with zero attached hydrogens (tertiary/aromatic N) is 4. The molecule has 4 aromatic rings. The molecule has 3 heterocycles. The molecule has 0 atom stereocenters. The van der Waals surface area contributed by atoms with E-state index in [9.17, 15) is 9.18 Å². The van der Waals surface area contributed by atoms with Crippen LogP contribution in [0.25, 0.3) is 27.8 Å². The van der Waals surface area contributed by atoms with E-state index in [-0.39, 0.29) is 17.4 Å². The van der Waals surface area contributed by atoms with Crippen LogP contribution in [0.4, 0.5) is 10.2 Å². The van der Waals surface area contributed by atoms with Crippen LogP contribution in [0.3, 0.4) is 0 Å². The van der Waals surface area contributed by atoms with Gasteiger partial charge in [0.1, 0.15) is 5.52 Å². The number of carbonyl (C=O) groups is 1. The van der Waals surface area contributed by atoms with Crippen molar-refractivity contribution in [2.45, 2.75) is 6.92 Å². The molecular formula is C16H12ClFN6O2. The highest BCUT2D eigenvalue weighted by Gasteiger charge is 2.23. The predicted octanol–water partition coefficient (Wildman–Crippen LogP) is 3.03. The Morgan fingerprint density at radius 1 is 1.46 bits per heavy atom. The summed E-state index contributed by atoms with van der Waals surface area (Å²) in [5.41, 5.74) is 1.73. The van der Waals surface area contributed by atoms with Crippen molar-refractivity contribution in [3.63, 3.8) is 0 Å². The number of nitrogens with one attached hydrogen (secondary N) is 2. The molecule has 0 spiro atoms. The summed E-state index contributed by atoms with van der Waals surface area (Å²) in [4.78, 5) is 14.7. The standard InChI is InChI=1S/C16H12ClFN6O2/c1-2-26-16-14(18)13(17)12(8-5-20-22-15(8)16)9-3-4-11-21-10(19-7-25)6-24(11)23-9/h3-7H,2H2,1H3,(H,19,25)(H,20,22). The van der Waals surface area contributed by atoms with Crippen molar-refractivity contribution in [1.82, 2.24) is 24.8 Å². The van der Waals surface area contributed by atoms with Gasteiger partial charge in [0.2, 0.25) is 6.41 Å². The van der Waals surface area contributed by atoms with Gasteiger partial charge in [-0.2, -0.15) is 10.2 Å². The Morgan fingerprint density at radius 2 is 2.31 bits per heavy atom. The van der Waals surface area contributed by atoms with Crippen LogP contribution < -0.4 is 10.1 Å². The van der Waals surface area contributed by atoms with Gasteiger partial charge in [-0.3, -0.25) is 9.89 Å². The number of carbonyl (C=O) groups excluding carboxylic acids is 1. The van der Waals surface area contributed by atoms with E-state index in [1.54, 1.807) is 25.3 Å². The number of aromatic amines is 1. The van der Waals surface area contributed by atoms with Gasteiger partial charge in [0.25, 0.3) is 0 Å². The molecule has 0 unspecified atom stereocenters. The quantitative estimate of drug-likeness (QED) is 0.523. The second kappa shape index (κ2) is 6.26. The Labute approximate surface area is 150 Å². The number of hydrogen-bond donors (Lipinski definition) is 2. The van der Waals surface area contributed by atoms with E-state index in [1.165, 1.54) is 10.7 Å². The first-order valence-corrected chi connectivity index (χ1v) is 8.05. The molecule has 0 aliphatic carbocycles. The molecule has 26 heavy (non-hydrogen) atoms. The van der Waals surface area contributed by atoms with Crippen molar-refractivity contribution in [3.05, 3.63) is 35.4 Å². The number of benzene rings is 1. The molecule has 0 radical (unpaired) electrons. The van der Waals surface area contributed by atoms with Crippen LogP contribution in [0.2, 0.25) is 5.02 Å². The Morgan fingerprint density at radius 3 is 3.08 bits per heavy atom. The highest BCUT2D eigenvalue weighted by molar-refractivity contribution is 6.35. The molecule has 132 valence electrons. The van der Waals surface area contributed by atoms with Crippen molar-refractivity contribution >= 4 is 40.4 Å². The summed E-state index contributed by atoms with van der Waals surface area (Å²) in [7, 11) is 0. The third-order valence-corrected chi connectivity index (χ3v) is 4.17. The lowest BCUT2D eigenvalue weighted by Crippen LogP contribution is -2.00. The van der Waals surface area contributed by atoms with Crippen LogP contribution in [0.15, 0.2) is 24.5 Å². The molecule has 1 aromatic carbocycles. The molecule has 10 heteroatoms. The van der Waals surface area contributed by atoms with Gasteiger partial charge < -0.3 is 10.1 Å². The van der Waals surface area contributed by atoms with Crippen LogP contribution in [0, 0.1) is 5.82 Å². The highest BCUT2D eigenvalue weighted by atomic mass is 35.5. The molecular weight excluding hydrogens is 363 g/mol. The average molecular weight is 375 g/mol. The van der Waals surface area contributed by atoms with Gasteiger partial charge in [-0.25, -0.2) is 13.9 Å². The number of halogens is 2. The van der Waals surface area contributed by atoms with Gasteiger partial charge in [0.05, 0.1) is 29.7 Å². The summed E-state index contributed by atoms with van der Waals surface area (Å²) < 4.78 is 21.6. The number of H-pyrrole nitrogens is 1. The van der Waals surface area contributed by atoms with E-state index in [1.807, 2.05) is 0 Å². The fourth-order valence-corrected chi connectivity index (χ4v) is 3.05. The first kappa shape index (κ1) is 16.3. The molecule has 0 aliphatic rings. The third-order valence-electron chi connectivity index (χ3n) is 3.82. The molecule has 8 nitrogen and oxygen atoms in total. The predicted molar refractivity (Wildman–Crippen MR) is 93.9 cm³/mol. The molecule has 1 amide bonds. The van der Waals surface area contributed by atoms with E-state index in [0.29, 0.717) is 40.0 Å². The highest BCUT2D eigenvalue weighted by Crippen LogP contribution is 2.41. The number of imidazole rings is 1. The van der Waals surface area contributed by atoms with Gasteiger partial charge in [-0.1, -0.05) is 11.6 Å². The number of ether oxygens (including phenoxy) is 1. The number of anilines is 1. The minimum atomic E-state index is -0.684. The number of amides is 1. The number of aromatic nitrogens is 5. The monoisotopic (exact) mass is 374 g/mol. The van der Waals surface area contributed by atoms with E-state index >= 15 is 0 Å². The smallest absolute Gasteiger partial charge is 0.212 e. The van der Waals surface area contributed by atoms with Gasteiger partial charge in [0, 0.05) is 10.9 Å². The Hall–Kier alpha value is -3.20. The summed E-state index contributed by atoms with van der Waals surface area (Å²) >= 11 is 6.29. The van der Waals surface area contributed by atoms with E-state index in [0.717, 1.165) is 0 Å². The number of rotatable bonds is 5. The molecule has 4 rings (SSSR count). The normalized spacial score (nSPS) is 11.2. The van der Waals surface area contributed by atoms with E-state index in [4.69, 9.17) is 16.3 Å². The van der Waals surface area contributed by atoms with Crippen LogP contribution in [0.5, 0.6) is 5.75 Å². The zero-order valence-corrected chi connectivity index (χ0v) is 14.2. The largest absolute Gasteiger partial charge is 0.489 e.